The number of hydrogen-bond donors (Lipinski definition) is 1. The first kappa shape index (κ1) is 77.7. The van der Waals surface area contributed by atoms with Crippen LogP contribution < -0.4 is 10.2 Å². The largest absolute Gasteiger partial charge is 0.756 e. The normalized spacial score (nSPS) is 14.3. The highest BCUT2D eigenvalue weighted by Crippen LogP contribution is 2.38. The Hall–Kier alpha value is -3.33. The number of allylic oxidation sites excluding steroid dienone is 17. The van der Waals surface area contributed by atoms with E-state index in [1.807, 2.05) is 94.1 Å². The summed E-state index contributed by atoms with van der Waals surface area (Å²) in [5.41, 5.74) is 0. The van der Waals surface area contributed by atoms with Crippen LogP contribution in [-0.2, 0) is 27.9 Å². The van der Waals surface area contributed by atoms with E-state index in [2.05, 4.69) is 62.5 Å². The van der Waals surface area contributed by atoms with E-state index < -0.39 is 26.6 Å². The highest BCUT2D eigenvalue weighted by molar-refractivity contribution is 7.45. The molecule has 3 unspecified atom stereocenters. The van der Waals surface area contributed by atoms with E-state index in [-0.39, 0.29) is 31.3 Å². The maximum atomic E-state index is 13.5. The van der Waals surface area contributed by atoms with Crippen molar-refractivity contribution in [1.29, 1.82) is 0 Å². The van der Waals surface area contributed by atoms with Crippen LogP contribution in [-0.4, -0.2) is 69.4 Å². The number of likely N-dealkylation sites (N-methyl/N-ethyl adjacent to an activating group) is 1. The van der Waals surface area contributed by atoms with Gasteiger partial charge in [-0.15, -0.1) is 0 Å². The number of amides is 1. The van der Waals surface area contributed by atoms with Gasteiger partial charge in [-0.05, 0) is 83.1 Å². The van der Waals surface area contributed by atoms with Crippen LogP contribution in [0.2, 0.25) is 0 Å². The molecular formula is C71H125N2O7P. The van der Waals surface area contributed by atoms with Crippen molar-refractivity contribution < 1.29 is 37.3 Å². The molecule has 0 bridgehead atoms. The van der Waals surface area contributed by atoms with Gasteiger partial charge < -0.3 is 28.5 Å². The summed E-state index contributed by atoms with van der Waals surface area (Å²) in [5.74, 6) is -0.592. The number of nitrogens with zero attached hydrogens (tertiary/aromatic N) is 1. The molecule has 0 spiro atoms. The number of nitrogens with one attached hydrogen (secondary N) is 1. The summed E-state index contributed by atoms with van der Waals surface area (Å²) in [6, 6.07) is -0.918. The van der Waals surface area contributed by atoms with E-state index in [9.17, 15) is 19.0 Å². The Kier molecular flexibility index (Phi) is 57.4. The number of phosphoric ester groups is 1. The zero-order valence-electron chi connectivity index (χ0n) is 53.2. The molecule has 81 heavy (non-hydrogen) atoms. The minimum atomic E-state index is -4.72. The summed E-state index contributed by atoms with van der Waals surface area (Å²) in [6.45, 7) is 6.65. The van der Waals surface area contributed by atoms with Gasteiger partial charge in [0.1, 0.15) is 19.3 Å². The van der Waals surface area contributed by atoms with Gasteiger partial charge in [-0.25, -0.2) is 0 Å². The van der Waals surface area contributed by atoms with E-state index in [0.29, 0.717) is 17.4 Å². The van der Waals surface area contributed by atoms with Gasteiger partial charge in [-0.2, -0.15) is 0 Å². The summed E-state index contributed by atoms with van der Waals surface area (Å²) in [5, 5.41) is 3.01. The van der Waals surface area contributed by atoms with E-state index >= 15 is 0 Å². The van der Waals surface area contributed by atoms with E-state index in [4.69, 9.17) is 13.8 Å². The highest BCUT2D eigenvalue weighted by atomic mass is 31.2. The molecule has 0 aromatic carbocycles. The lowest BCUT2D eigenvalue weighted by Gasteiger charge is -2.30. The van der Waals surface area contributed by atoms with Crippen molar-refractivity contribution in [1.82, 2.24) is 5.32 Å². The van der Waals surface area contributed by atoms with E-state index in [1.54, 1.807) is 0 Å². The molecule has 0 aromatic heterocycles. The molecule has 0 saturated heterocycles. The quantitative estimate of drug-likeness (QED) is 0.0161. The lowest BCUT2D eigenvalue weighted by Crippen LogP contribution is -2.47. The first-order chi connectivity index (χ1) is 39.4. The molecule has 0 aliphatic rings. The average Bonchev–Trinajstić information content (AvgIpc) is 3.44. The summed E-state index contributed by atoms with van der Waals surface area (Å²) in [7, 11) is 1.14. The molecule has 0 aliphatic heterocycles. The van der Waals surface area contributed by atoms with Crippen molar-refractivity contribution in [3.05, 3.63) is 109 Å². The van der Waals surface area contributed by atoms with Crippen molar-refractivity contribution in [2.75, 3.05) is 40.9 Å². The van der Waals surface area contributed by atoms with Crippen molar-refractivity contribution >= 4 is 19.7 Å². The summed E-state index contributed by atoms with van der Waals surface area (Å²) < 4.78 is 30.4. The smallest absolute Gasteiger partial charge is 0.306 e. The Morgan fingerprint density at radius 3 is 1.32 bits per heavy atom. The standard InChI is InChI=1S/C71H125N2O7P/c1-7-10-13-16-19-22-25-28-30-32-33-34-35-36-37-38-39-41-43-46-49-52-55-58-61-64-71(75)80-69(62-59-56-53-50-47-44-27-24-21-18-15-12-9-3)68(67-79-81(76,77)78-66-65-73(4,5)6)72-70(74)63-60-57-54-51-48-45-42-40-31-29-26-23-20-17-14-11-8-2/h11,14,17,19-20,22-23,26,28-31,40,42,45,48,59,62,68-69H,7-10,12-13,15-16,18,21,24-25,27,32-39,41,43-44,46-47,49-58,60-61,63-67H2,1-6H3,(H-,72,74,76,77)/b14-11-,20-17+,22-19-,26-23+,30-28-,31-29-,42-40+,48-45+,62-59-. The lowest BCUT2D eigenvalue weighted by molar-refractivity contribution is -0.870. The number of ether oxygens (including phenoxy) is 1. The molecule has 0 aromatic rings. The SMILES string of the molecule is CC\C=C/C=C/C=C/C=C\C=C\C=C\CCCCCC(=O)NC(COP(=O)([O-])OCC[N+](C)(C)C)C(/C=C\CCCCCCCCCCCCC)OC(=O)CCCCCCCCCCCCCCCCC/C=C\C/C=C\CCCCC. The number of carbonyl (C=O) groups excluding carboxylic acids is 2. The number of esters is 1. The van der Waals surface area contributed by atoms with Crippen molar-refractivity contribution in [3.63, 3.8) is 0 Å². The van der Waals surface area contributed by atoms with Crippen molar-refractivity contribution in [3.8, 4) is 0 Å². The fourth-order valence-corrected chi connectivity index (χ4v) is 9.95. The fourth-order valence-electron chi connectivity index (χ4n) is 9.23. The van der Waals surface area contributed by atoms with Crippen LogP contribution in [0.5, 0.6) is 0 Å². The Balaban J connectivity index is 5.20. The Morgan fingerprint density at radius 1 is 0.457 bits per heavy atom. The Bertz CT molecular complexity index is 1750. The van der Waals surface area contributed by atoms with Gasteiger partial charge in [0.2, 0.25) is 5.91 Å². The molecule has 0 radical (unpaired) electrons. The minimum Gasteiger partial charge on any atom is -0.756 e. The first-order valence-electron chi connectivity index (χ1n) is 33.3. The maximum absolute atomic E-state index is 13.5. The van der Waals surface area contributed by atoms with Crippen LogP contribution in [0.15, 0.2) is 109 Å². The second-order valence-corrected chi connectivity index (χ2v) is 24.8. The predicted octanol–water partition coefficient (Wildman–Crippen LogP) is 20.3. The van der Waals surface area contributed by atoms with Crippen LogP contribution in [0.4, 0.5) is 0 Å². The minimum absolute atomic E-state index is 0.0362. The zero-order valence-corrected chi connectivity index (χ0v) is 54.1. The van der Waals surface area contributed by atoms with E-state index in [0.717, 1.165) is 70.6 Å². The third-order valence-corrected chi connectivity index (χ3v) is 15.3. The third-order valence-electron chi connectivity index (χ3n) is 14.3. The molecule has 1 amide bonds. The van der Waals surface area contributed by atoms with Gasteiger partial charge in [0.05, 0.1) is 33.8 Å². The van der Waals surface area contributed by atoms with Gasteiger partial charge in [0.15, 0.2) is 0 Å². The first-order valence-corrected chi connectivity index (χ1v) is 34.7. The monoisotopic (exact) mass is 1150 g/mol. The molecule has 9 nitrogen and oxygen atoms in total. The number of unbranched alkanes of at least 4 members (excludes halogenated alkanes) is 32. The maximum Gasteiger partial charge on any atom is 0.306 e. The molecule has 10 heteroatoms. The molecule has 0 rings (SSSR count). The van der Waals surface area contributed by atoms with Gasteiger partial charge in [0, 0.05) is 12.8 Å². The number of phosphoric acid groups is 1. The van der Waals surface area contributed by atoms with Gasteiger partial charge in [-0.1, -0.05) is 291 Å². The topological polar surface area (TPSA) is 114 Å². The van der Waals surface area contributed by atoms with Crippen LogP contribution in [0.1, 0.15) is 278 Å². The molecule has 0 fully saturated rings. The molecule has 0 saturated carbocycles. The predicted molar refractivity (Wildman–Crippen MR) is 348 cm³/mol. The van der Waals surface area contributed by atoms with Crippen LogP contribution in [0.3, 0.4) is 0 Å². The van der Waals surface area contributed by atoms with E-state index in [1.165, 1.54) is 167 Å². The number of rotatable bonds is 59. The number of hydrogen-bond acceptors (Lipinski definition) is 7. The Morgan fingerprint density at radius 2 is 0.840 bits per heavy atom. The number of quaternary nitrogens is 1. The zero-order chi connectivity index (χ0) is 59.3. The fraction of sp³-hybridized carbons (Fsp3) is 0.718. The third kappa shape index (κ3) is 61.1. The number of carbonyl (C=O) groups is 2. The van der Waals surface area contributed by atoms with Crippen LogP contribution >= 0.6 is 7.82 Å². The van der Waals surface area contributed by atoms with Crippen molar-refractivity contribution in [2.45, 2.75) is 290 Å². The van der Waals surface area contributed by atoms with Gasteiger partial charge in [-0.3, -0.25) is 14.2 Å². The second-order valence-electron chi connectivity index (χ2n) is 23.4. The lowest BCUT2D eigenvalue weighted by atomic mass is 10.0. The summed E-state index contributed by atoms with van der Waals surface area (Å²) >= 11 is 0. The molecule has 0 heterocycles. The second kappa shape index (κ2) is 59.8. The summed E-state index contributed by atoms with van der Waals surface area (Å²) in [6.07, 6.45) is 82.1. The molecule has 3 atom stereocenters. The average molecular weight is 1150 g/mol. The van der Waals surface area contributed by atoms with Crippen LogP contribution in [0.25, 0.3) is 0 Å². The highest BCUT2D eigenvalue weighted by Gasteiger charge is 2.27. The van der Waals surface area contributed by atoms with Gasteiger partial charge in [0.25, 0.3) is 7.82 Å². The molecule has 466 valence electrons. The Labute approximate surface area is 500 Å². The van der Waals surface area contributed by atoms with Crippen LogP contribution in [0, 0.1) is 0 Å². The van der Waals surface area contributed by atoms with Gasteiger partial charge >= 0.3 is 5.97 Å². The molecular weight excluding hydrogens is 1020 g/mol. The molecule has 0 aliphatic carbocycles. The summed E-state index contributed by atoms with van der Waals surface area (Å²) in [4.78, 5) is 40.1. The molecule has 1 N–H and O–H groups in total. The van der Waals surface area contributed by atoms with Crippen molar-refractivity contribution in [2.24, 2.45) is 0 Å².